The second-order valence-corrected chi connectivity index (χ2v) is 12.0. The summed E-state index contributed by atoms with van der Waals surface area (Å²) in [6.07, 6.45) is 1.94. The van der Waals surface area contributed by atoms with Gasteiger partial charge in [0.1, 0.15) is 11.6 Å². The van der Waals surface area contributed by atoms with Gasteiger partial charge in [-0.25, -0.2) is 0 Å². The minimum atomic E-state index is -4.84. The van der Waals surface area contributed by atoms with Crippen LogP contribution in [0.1, 0.15) is 65.2 Å². The maximum atomic E-state index is 13.3. The monoisotopic (exact) mass is 459 g/mol. The van der Waals surface area contributed by atoms with Crippen molar-refractivity contribution in [3.05, 3.63) is 0 Å². The summed E-state index contributed by atoms with van der Waals surface area (Å²) >= 11 is 1.57. The third kappa shape index (κ3) is 3.95. The van der Waals surface area contributed by atoms with Crippen molar-refractivity contribution in [3.8, 4) is 0 Å². The first kappa shape index (κ1) is 23.1. The Bertz CT molecular complexity index is 772. The van der Waals surface area contributed by atoms with E-state index in [0.717, 1.165) is 38.5 Å². The maximum absolute atomic E-state index is 13.3. The number of fused-ring (bicyclic) bond motifs is 5. The van der Waals surface area contributed by atoms with Gasteiger partial charge < -0.3 is 5.32 Å². The number of hydrogen-bond acceptors (Lipinski definition) is 4. The zero-order chi connectivity index (χ0) is 22.6. The Kier molecular flexibility index (Phi) is 6.02. The van der Waals surface area contributed by atoms with Gasteiger partial charge in [0.15, 0.2) is 0 Å². The van der Waals surface area contributed by atoms with Gasteiger partial charge in [-0.1, -0.05) is 13.8 Å². The number of thioether (sulfide) groups is 1. The molecule has 8 heteroatoms. The second kappa shape index (κ2) is 8.07. The van der Waals surface area contributed by atoms with E-state index in [4.69, 9.17) is 0 Å². The summed E-state index contributed by atoms with van der Waals surface area (Å²) in [4.78, 5) is 36.7. The minimum absolute atomic E-state index is 0.00577. The molecule has 1 amide bonds. The molecule has 0 spiro atoms. The van der Waals surface area contributed by atoms with Crippen LogP contribution in [0.2, 0.25) is 0 Å². The molecule has 7 atom stereocenters. The maximum Gasteiger partial charge on any atom is 0.471 e. The van der Waals surface area contributed by atoms with Crippen LogP contribution in [-0.2, 0) is 14.4 Å². The molecule has 4 saturated carbocycles. The lowest BCUT2D eigenvalue weighted by Crippen LogP contribution is -2.56. The number of hydrogen-bond donors (Lipinski definition) is 1. The van der Waals surface area contributed by atoms with Crippen LogP contribution in [0, 0.1) is 34.5 Å². The highest BCUT2D eigenvalue weighted by Crippen LogP contribution is 2.65. The average Bonchev–Trinajstić information content (AvgIpc) is 3.00. The van der Waals surface area contributed by atoms with Gasteiger partial charge in [-0.15, -0.1) is 0 Å². The number of Topliss-reactive ketones (excluding diaryl/α,β-unsaturated/α-hetero) is 2. The van der Waals surface area contributed by atoms with E-state index in [1.165, 1.54) is 0 Å². The summed E-state index contributed by atoms with van der Waals surface area (Å²) in [6, 6.07) is 0. The van der Waals surface area contributed by atoms with Crippen LogP contribution in [-0.4, -0.2) is 41.2 Å². The van der Waals surface area contributed by atoms with Gasteiger partial charge in [0.25, 0.3) is 0 Å². The van der Waals surface area contributed by atoms with Crippen LogP contribution in [0.25, 0.3) is 0 Å². The Balaban J connectivity index is 1.37. The van der Waals surface area contributed by atoms with E-state index in [-0.39, 0.29) is 28.5 Å². The molecule has 0 heterocycles. The van der Waals surface area contributed by atoms with E-state index in [0.29, 0.717) is 47.9 Å². The van der Waals surface area contributed by atoms with E-state index in [2.05, 4.69) is 13.8 Å². The first-order valence-electron chi connectivity index (χ1n) is 11.5. The zero-order valence-electron chi connectivity index (χ0n) is 18.2. The summed E-state index contributed by atoms with van der Waals surface area (Å²) in [7, 11) is 0. The summed E-state index contributed by atoms with van der Waals surface area (Å²) in [5, 5.41) is 2.16. The molecule has 0 aliphatic heterocycles. The van der Waals surface area contributed by atoms with Crippen LogP contribution in [0.15, 0.2) is 0 Å². The molecule has 31 heavy (non-hydrogen) atoms. The van der Waals surface area contributed by atoms with E-state index in [1.54, 1.807) is 11.8 Å². The topological polar surface area (TPSA) is 63.2 Å². The van der Waals surface area contributed by atoms with Gasteiger partial charge in [-0.2, -0.15) is 24.9 Å². The molecule has 0 saturated heterocycles. The molecule has 0 aromatic heterocycles. The summed E-state index contributed by atoms with van der Waals surface area (Å²) in [6.45, 7) is 4.37. The third-order valence-electron chi connectivity index (χ3n) is 9.12. The third-order valence-corrected chi connectivity index (χ3v) is 10.5. The predicted octanol–water partition coefficient (Wildman–Crippen LogP) is 4.56. The molecular weight excluding hydrogens is 427 g/mol. The van der Waals surface area contributed by atoms with E-state index in [9.17, 15) is 27.6 Å². The highest BCUT2D eigenvalue weighted by molar-refractivity contribution is 7.99. The van der Waals surface area contributed by atoms with Crippen LogP contribution < -0.4 is 5.32 Å². The lowest BCUT2D eigenvalue weighted by molar-refractivity contribution is -0.173. The molecule has 0 radical (unpaired) electrons. The molecule has 4 nitrogen and oxygen atoms in total. The summed E-state index contributed by atoms with van der Waals surface area (Å²) in [5.74, 6) is 0.371. The number of ketones is 2. The largest absolute Gasteiger partial charge is 0.471 e. The number of carbonyl (C=O) groups is 3. The number of nitrogens with one attached hydrogen (secondary N) is 1. The fraction of sp³-hybridized carbons (Fsp3) is 0.870. The van der Waals surface area contributed by atoms with Crippen molar-refractivity contribution < 1.29 is 27.6 Å². The number of amides is 1. The van der Waals surface area contributed by atoms with Crippen LogP contribution in [0.3, 0.4) is 0 Å². The van der Waals surface area contributed by atoms with Crippen molar-refractivity contribution in [2.24, 2.45) is 34.5 Å². The summed E-state index contributed by atoms with van der Waals surface area (Å²) < 4.78 is 36.9. The molecule has 0 aromatic rings. The van der Waals surface area contributed by atoms with Crippen LogP contribution in [0.4, 0.5) is 13.2 Å². The molecule has 0 bridgehead atoms. The number of alkyl halides is 3. The van der Waals surface area contributed by atoms with Gasteiger partial charge >= 0.3 is 12.1 Å². The van der Waals surface area contributed by atoms with Gasteiger partial charge in [0.2, 0.25) is 0 Å². The lowest BCUT2D eigenvalue weighted by Gasteiger charge is -2.59. The predicted molar refractivity (Wildman–Crippen MR) is 112 cm³/mol. The van der Waals surface area contributed by atoms with Gasteiger partial charge in [-0.05, 0) is 61.7 Å². The van der Waals surface area contributed by atoms with E-state index < -0.39 is 12.1 Å². The van der Waals surface area contributed by atoms with Crippen molar-refractivity contribution in [1.82, 2.24) is 5.32 Å². The second-order valence-electron chi connectivity index (χ2n) is 10.5. The smallest absolute Gasteiger partial charge is 0.347 e. The first-order valence-corrected chi connectivity index (χ1v) is 12.5. The Hall–Kier alpha value is -1.05. The molecule has 2 unspecified atom stereocenters. The Morgan fingerprint density at radius 2 is 1.87 bits per heavy atom. The normalized spacial score (nSPS) is 42.5. The highest BCUT2D eigenvalue weighted by atomic mass is 32.2. The molecular formula is C23H32F3NO3S. The van der Waals surface area contributed by atoms with Gasteiger partial charge in [-0.3, -0.25) is 14.4 Å². The molecule has 4 aliphatic carbocycles. The van der Waals surface area contributed by atoms with E-state index in [1.807, 2.05) is 5.32 Å². The van der Waals surface area contributed by atoms with Gasteiger partial charge in [0.05, 0.1) is 0 Å². The van der Waals surface area contributed by atoms with E-state index >= 15 is 0 Å². The fourth-order valence-corrected chi connectivity index (χ4v) is 8.58. The fourth-order valence-electron chi connectivity index (χ4n) is 7.42. The van der Waals surface area contributed by atoms with Crippen molar-refractivity contribution in [2.45, 2.75) is 76.6 Å². The van der Waals surface area contributed by atoms with Gasteiger partial charge in [0, 0.05) is 41.7 Å². The van der Waals surface area contributed by atoms with Crippen LogP contribution in [0.5, 0.6) is 0 Å². The molecule has 1 N–H and O–H groups in total. The minimum Gasteiger partial charge on any atom is -0.347 e. The van der Waals surface area contributed by atoms with Crippen molar-refractivity contribution >= 4 is 29.2 Å². The lowest BCUT2D eigenvalue weighted by atomic mass is 9.45. The quantitative estimate of drug-likeness (QED) is 0.626. The standard InChI is InChI=1S/C23H32F3NO3S/c1-21-7-5-13(31-10-9-27-20(30)23(24,25)26)11-17(21)18(28)12-14-15-3-4-19(29)22(15,2)8-6-16(14)21/h13-17H,3-12H2,1-2H3,(H,27,30)/t13?,14-,15-,16+,17?,21+,22-/m0/s1. The number of carbonyl (C=O) groups excluding carboxylic acids is 3. The molecule has 4 rings (SSSR count). The molecule has 0 aromatic carbocycles. The average molecular weight is 460 g/mol. The molecule has 174 valence electrons. The number of halogens is 3. The first-order chi connectivity index (χ1) is 14.5. The Labute approximate surface area is 185 Å². The van der Waals surface area contributed by atoms with Crippen LogP contribution >= 0.6 is 11.8 Å². The number of rotatable bonds is 4. The Morgan fingerprint density at radius 1 is 1.13 bits per heavy atom. The zero-order valence-corrected chi connectivity index (χ0v) is 19.0. The van der Waals surface area contributed by atoms with Crippen molar-refractivity contribution in [2.75, 3.05) is 12.3 Å². The molecule has 4 fully saturated rings. The van der Waals surface area contributed by atoms with Crippen molar-refractivity contribution in [1.29, 1.82) is 0 Å². The highest BCUT2D eigenvalue weighted by Gasteiger charge is 2.62. The van der Waals surface area contributed by atoms with Crippen molar-refractivity contribution in [3.63, 3.8) is 0 Å². The SMILES string of the molecule is C[C@]12CCC(SCCNC(=O)C(F)(F)F)CC1C(=O)C[C@@H]1[C@H]2CC[C@]2(C)C(=O)CC[C@@H]12. The molecule has 4 aliphatic rings. The summed E-state index contributed by atoms with van der Waals surface area (Å²) in [5.41, 5.74) is -0.271. The Morgan fingerprint density at radius 3 is 2.58 bits per heavy atom.